The molecule has 164 valence electrons. The van der Waals surface area contributed by atoms with Crippen LogP contribution in [0.25, 0.3) is 0 Å². The van der Waals surface area contributed by atoms with Gasteiger partial charge in [0.1, 0.15) is 28.6 Å². The van der Waals surface area contributed by atoms with E-state index in [0.29, 0.717) is 11.5 Å². The summed E-state index contributed by atoms with van der Waals surface area (Å²) in [5.41, 5.74) is 1.40. The summed E-state index contributed by atoms with van der Waals surface area (Å²) in [6.45, 7) is 7.27. The molecule has 2 bridgehead atoms. The predicted molar refractivity (Wildman–Crippen MR) is 115 cm³/mol. The lowest BCUT2D eigenvalue weighted by atomic mass is 9.58. The molecular weight excluding hydrogens is 396 g/mol. The van der Waals surface area contributed by atoms with Crippen LogP contribution in [0.1, 0.15) is 64.0 Å². The van der Waals surface area contributed by atoms with E-state index >= 15 is 0 Å². The van der Waals surface area contributed by atoms with E-state index in [1.54, 1.807) is 19.2 Å². The lowest BCUT2D eigenvalue weighted by Crippen LogP contribution is -2.47. The molecule has 1 heterocycles. The number of rotatable bonds is 4. The lowest BCUT2D eigenvalue weighted by molar-refractivity contribution is -0.132. The second-order valence-electron chi connectivity index (χ2n) is 9.09. The normalized spacial score (nSPS) is 23.2. The van der Waals surface area contributed by atoms with Gasteiger partial charge in [-0.25, -0.2) is 0 Å². The number of fused-ring (bicyclic) bond motifs is 4. The summed E-state index contributed by atoms with van der Waals surface area (Å²) < 4.78 is 22.9. The Kier molecular flexibility index (Phi) is 5.20. The first-order valence-electron chi connectivity index (χ1n) is 10.5. The molecule has 0 amide bonds. The number of hydrogen-bond acceptors (Lipinski definition) is 6. The Morgan fingerprint density at radius 1 is 0.968 bits per heavy atom. The maximum Gasteiger partial charge on any atom is 0.308 e. The van der Waals surface area contributed by atoms with Gasteiger partial charge in [-0.05, 0) is 54.4 Å². The van der Waals surface area contributed by atoms with E-state index in [2.05, 4.69) is 19.9 Å². The van der Waals surface area contributed by atoms with Gasteiger partial charge in [0.25, 0.3) is 0 Å². The fourth-order valence-electron chi connectivity index (χ4n) is 4.91. The Hall–Kier alpha value is -3.02. The molecule has 1 aliphatic carbocycles. The van der Waals surface area contributed by atoms with Crippen LogP contribution in [0, 0.1) is 5.41 Å². The predicted octanol–water partition coefficient (Wildman–Crippen LogP) is 5.13. The average molecular weight is 424 g/mol. The minimum atomic E-state index is -0.654. The van der Waals surface area contributed by atoms with Crippen molar-refractivity contribution < 1.29 is 28.5 Å². The van der Waals surface area contributed by atoms with Crippen molar-refractivity contribution in [2.24, 2.45) is 5.41 Å². The number of hydrogen-bond donors (Lipinski definition) is 0. The quantitative estimate of drug-likeness (QED) is 0.501. The van der Waals surface area contributed by atoms with Crippen molar-refractivity contribution in [2.45, 2.75) is 58.5 Å². The summed E-state index contributed by atoms with van der Waals surface area (Å²) in [6, 6.07) is 11.1. The molecule has 2 atom stereocenters. The van der Waals surface area contributed by atoms with Crippen LogP contribution in [-0.2, 0) is 15.2 Å². The number of methoxy groups -OCH3 is 1. The summed E-state index contributed by atoms with van der Waals surface area (Å²) in [4.78, 5) is 23.3. The second kappa shape index (κ2) is 7.59. The molecule has 2 aromatic rings. The molecule has 1 fully saturated rings. The topological polar surface area (TPSA) is 71.1 Å². The highest BCUT2D eigenvalue weighted by molar-refractivity contribution is 5.72. The molecule has 6 heteroatoms. The molecule has 0 spiro atoms. The van der Waals surface area contributed by atoms with E-state index in [1.807, 2.05) is 18.2 Å². The van der Waals surface area contributed by atoms with Gasteiger partial charge < -0.3 is 18.9 Å². The van der Waals surface area contributed by atoms with Crippen molar-refractivity contribution in [1.82, 2.24) is 0 Å². The zero-order valence-corrected chi connectivity index (χ0v) is 18.6. The van der Waals surface area contributed by atoms with Crippen LogP contribution in [0.3, 0.4) is 0 Å². The number of esters is 2. The molecule has 1 saturated carbocycles. The summed E-state index contributed by atoms with van der Waals surface area (Å²) in [7, 11) is 1.64. The first-order valence-corrected chi connectivity index (χ1v) is 10.5. The highest BCUT2D eigenvalue weighted by Crippen LogP contribution is 2.61. The van der Waals surface area contributed by atoms with Gasteiger partial charge in [0.05, 0.1) is 7.11 Å². The Bertz CT molecular complexity index is 1040. The Morgan fingerprint density at radius 3 is 2.35 bits per heavy atom. The molecule has 6 nitrogen and oxygen atoms in total. The third-order valence-electron chi connectivity index (χ3n) is 6.51. The van der Waals surface area contributed by atoms with E-state index in [1.165, 1.54) is 19.4 Å². The van der Waals surface area contributed by atoms with Gasteiger partial charge >= 0.3 is 11.9 Å². The molecule has 31 heavy (non-hydrogen) atoms. The van der Waals surface area contributed by atoms with Crippen molar-refractivity contribution in [1.29, 1.82) is 0 Å². The van der Waals surface area contributed by atoms with Gasteiger partial charge in [0.2, 0.25) is 0 Å². The molecule has 0 radical (unpaired) electrons. The molecule has 0 saturated heterocycles. The third-order valence-corrected chi connectivity index (χ3v) is 6.51. The van der Waals surface area contributed by atoms with Crippen LogP contribution in [0.2, 0.25) is 0 Å². The zero-order valence-electron chi connectivity index (χ0n) is 18.6. The first-order chi connectivity index (χ1) is 14.6. The number of carbonyl (C=O) groups excluding carboxylic acids is 2. The van der Waals surface area contributed by atoms with Crippen molar-refractivity contribution in [2.75, 3.05) is 7.11 Å². The summed E-state index contributed by atoms with van der Waals surface area (Å²) >= 11 is 0. The monoisotopic (exact) mass is 424 g/mol. The van der Waals surface area contributed by atoms with Crippen molar-refractivity contribution in [3.63, 3.8) is 0 Å². The van der Waals surface area contributed by atoms with Gasteiger partial charge in [0, 0.05) is 31.5 Å². The van der Waals surface area contributed by atoms with E-state index < -0.39 is 17.5 Å². The van der Waals surface area contributed by atoms with Gasteiger partial charge in [-0.15, -0.1) is 0 Å². The van der Waals surface area contributed by atoms with E-state index in [4.69, 9.17) is 18.9 Å². The highest BCUT2D eigenvalue weighted by Gasteiger charge is 2.52. The molecule has 0 N–H and O–H groups in total. The standard InChI is InChI=1S/C25H28O6/c1-15(26)29-18-7-9-20(23(13-18)30-16(2)27)25-11-10-24(3,4)21(14-25)19-8-6-17(28-5)12-22(19)31-25/h6-9,12-13,21H,10-11,14H2,1-5H3/t21-,25+/m0/s1. The van der Waals surface area contributed by atoms with Crippen LogP contribution in [0.15, 0.2) is 36.4 Å². The molecule has 4 rings (SSSR count). The van der Waals surface area contributed by atoms with Crippen LogP contribution in [0.4, 0.5) is 0 Å². The SMILES string of the molecule is COc1ccc2c(c1)O[C@]1(c3ccc(OC(C)=O)cc3OC(C)=O)CCC(C)(C)[C@H]2C1. The van der Waals surface area contributed by atoms with Gasteiger partial charge in [-0.1, -0.05) is 19.9 Å². The Morgan fingerprint density at radius 2 is 1.68 bits per heavy atom. The van der Waals surface area contributed by atoms with E-state index in [-0.39, 0.29) is 11.3 Å². The van der Waals surface area contributed by atoms with E-state index in [0.717, 1.165) is 36.3 Å². The van der Waals surface area contributed by atoms with Gasteiger partial charge in [-0.3, -0.25) is 9.59 Å². The maximum atomic E-state index is 11.9. The fourth-order valence-corrected chi connectivity index (χ4v) is 4.91. The molecule has 1 aliphatic heterocycles. The van der Waals surface area contributed by atoms with Crippen LogP contribution < -0.4 is 18.9 Å². The summed E-state index contributed by atoms with van der Waals surface area (Å²) in [6.07, 6.45) is 2.49. The number of benzene rings is 2. The third kappa shape index (κ3) is 3.87. The highest BCUT2D eigenvalue weighted by atomic mass is 16.5. The Balaban J connectivity index is 1.84. The van der Waals surface area contributed by atoms with Crippen LogP contribution >= 0.6 is 0 Å². The van der Waals surface area contributed by atoms with Gasteiger partial charge in [0.15, 0.2) is 0 Å². The maximum absolute atomic E-state index is 11.9. The van der Waals surface area contributed by atoms with Gasteiger partial charge in [-0.2, -0.15) is 0 Å². The molecule has 0 unspecified atom stereocenters. The summed E-state index contributed by atoms with van der Waals surface area (Å²) in [5.74, 6) is 1.61. The number of carbonyl (C=O) groups is 2. The second-order valence-corrected chi connectivity index (χ2v) is 9.09. The lowest BCUT2D eigenvalue weighted by Gasteiger charge is -2.53. The molecular formula is C25H28O6. The smallest absolute Gasteiger partial charge is 0.308 e. The minimum absolute atomic E-state index is 0.0932. The van der Waals surface area contributed by atoms with Crippen molar-refractivity contribution in [3.05, 3.63) is 47.5 Å². The van der Waals surface area contributed by atoms with Crippen molar-refractivity contribution >= 4 is 11.9 Å². The number of ether oxygens (including phenoxy) is 4. The average Bonchev–Trinajstić information content (AvgIpc) is 2.70. The van der Waals surface area contributed by atoms with Crippen LogP contribution in [-0.4, -0.2) is 19.0 Å². The first kappa shape index (κ1) is 21.2. The zero-order chi connectivity index (χ0) is 22.4. The van der Waals surface area contributed by atoms with Crippen LogP contribution in [0.5, 0.6) is 23.0 Å². The molecule has 2 aromatic carbocycles. The Labute approximate surface area is 182 Å². The van der Waals surface area contributed by atoms with E-state index in [9.17, 15) is 9.59 Å². The summed E-state index contributed by atoms with van der Waals surface area (Å²) in [5, 5.41) is 0. The van der Waals surface area contributed by atoms with Crippen molar-refractivity contribution in [3.8, 4) is 23.0 Å². The fraction of sp³-hybridized carbons (Fsp3) is 0.440. The largest absolute Gasteiger partial charge is 0.497 e. The molecule has 0 aromatic heterocycles. The minimum Gasteiger partial charge on any atom is -0.497 e. The molecule has 2 aliphatic rings.